The van der Waals surface area contributed by atoms with E-state index in [1.807, 2.05) is 0 Å². The number of benzene rings is 2. The van der Waals surface area contributed by atoms with Gasteiger partial charge in [0.15, 0.2) is 10.9 Å². The fourth-order valence-corrected chi connectivity index (χ4v) is 3.58. The number of aromatic carboxylic acids is 1. The van der Waals surface area contributed by atoms with Gasteiger partial charge in [-0.15, -0.1) is 0 Å². The lowest BCUT2D eigenvalue weighted by atomic mass is 10.2. The van der Waals surface area contributed by atoms with E-state index in [0.717, 1.165) is 30.1 Å². The molecule has 1 heterocycles. The van der Waals surface area contributed by atoms with Gasteiger partial charge in [-0.1, -0.05) is 23.4 Å². The highest BCUT2D eigenvalue weighted by atomic mass is 35.5. The Bertz CT molecular complexity index is 977. The van der Waals surface area contributed by atoms with E-state index in [1.165, 1.54) is 28.8 Å². The topological polar surface area (TPSA) is 55.1 Å². The van der Waals surface area contributed by atoms with Crippen LogP contribution in [0, 0.1) is 17.5 Å². The summed E-state index contributed by atoms with van der Waals surface area (Å²) in [6, 6.07) is 7.03. The molecule has 0 radical (unpaired) electrons. The third-order valence-electron chi connectivity index (χ3n) is 3.52. The predicted octanol–water partition coefficient (Wildman–Crippen LogP) is 4.93. The van der Waals surface area contributed by atoms with Crippen LogP contribution in [-0.4, -0.2) is 20.6 Å². The fraction of sp³-hybridized carbons (Fsp3) is 0.0588. The first-order valence-electron chi connectivity index (χ1n) is 7.20. The van der Waals surface area contributed by atoms with Gasteiger partial charge >= 0.3 is 5.97 Å². The van der Waals surface area contributed by atoms with Gasteiger partial charge in [-0.2, -0.15) is 0 Å². The first-order chi connectivity index (χ1) is 12.4. The number of hydrogen-bond donors (Lipinski definition) is 1. The molecular weight excluding hydrogens is 389 g/mol. The molecule has 134 valence electrons. The Kier molecular flexibility index (Phi) is 5.24. The summed E-state index contributed by atoms with van der Waals surface area (Å²) in [6.07, 6.45) is 1.14. The quantitative estimate of drug-likeness (QED) is 0.489. The number of halogens is 4. The molecule has 3 rings (SSSR count). The Morgan fingerprint density at radius 3 is 2.42 bits per heavy atom. The van der Waals surface area contributed by atoms with Crippen molar-refractivity contribution < 1.29 is 23.1 Å². The van der Waals surface area contributed by atoms with E-state index in [2.05, 4.69) is 4.98 Å². The molecule has 9 heteroatoms. The second-order valence-corrected chi connectivity index (χ2v) is 6.47. The van der Waals surface area contributed by atoms with Gasteiger partial charge < -0.3 is 5.11 Å². The Balaban J connectivity index is 1.98. The maximum Gasteiger partial charge on any atom is 0.354 e. The summed E-state index contributed by atoms with van der Waals surface area (Å²) in [4.78, 5) is 15.5. The molecule has 4 nitrogen and oxygen atoms in total. The van der Waals surface area contributed by atoms with E-state index < -0.39 is 23.4 Å². The number of imidazole rings is 1. The molecule has 3 aromatic rings. The maximum atomic E-state index is 13.9. The minimum Gasteiger partial charge on any atom is -0.477 e. The van der Waals surface area contributed by atoms with Crippen molar-refractivity contribution in [1.29, 1.82) is 0 Å². The summed E-state index contributed by atoms with van der Waals surface area (Å²) in [7, 11) is 0. The normalized spacial score (nSPS) is 10.9. The monoisotopic (exact) mass is 398 g/mol. The van der Waals surface area contributed by atoms with Crippen LogP contribution >= 0.6 is 23.4 Å². The standard InChI is InChI=1S/C17H10ClF3N2O2S/c18-15-11(12(20)5-6-13(15)21)8-26-17-22-7-14(16(24)25)23(17)10-3-1-9(19)2-4-10/h1-7H,8H2,(H,24,25). The summed E-state index contributed by atoms with van der Waals surface area (Å²) in [5.74, 6) is -3.21. The van der Waals surface area contributed by atoms with Crippen LogP contribution in [0.15, 0.2) is 47.8 Å². The van der Waals surface area contributed by atoms with Gasteiger partial charge in [-0.3, -0.25) is 4.57 Å². The van der Waals surface area contributed by atoms with Crippen LogP contribution in [0.2, 0.25) is 5.02 Å². The van der Waals surface area contributed by atoms with Crippen LogP contribution in [0.4, 0.5) is 13.2 Å². The van der Waals surface area contributed by atoms with Crippen molar-refractivity contribution in [3.8, 4) is 5.69 Å². The molecule has 0 amide bonds. The van der Waals surface area contributed by atoms with Gasteiger partial charge in [0.1, 0.15) is 17.5 Å². The molecule has 0 fully saturated rings. The maximum absolute atomic E-state index is 13.9. The number of hydrogen-bond acceptors (Lipinski definition) is 3. The van der Waals surface area contributed by atoms with E-state index in [0.29, 0.717) is 5.69 Å². The molecule has 0 aliphatic carbocycles. The molecule has 0 unspecified atom stereocenters. The molecular formula is C17H10ClF3N2O2S. The van der Waals surface area contributed by atoms with E-state index in [4.69, 9.17) is 11.6 Å². The van der Waals surface area contributed by atoms with E-state index in [9.17, 15) is 23.1 Å². The summed E-state index contributed by atoms with van der Waals surface area (Å²) in [6.45, 7) is 0. The van der Waals surface area contributed by atoms with Crippen LogP contribution in [-0.2, 0) is 5.75 Å². The van der Waals surface area contributed by atoms with Crippen molar-refractivity contribution in [2.24, 2.45) is 0 Å². The molecule has 0 saturated heterocycles. The zero-order valence-corrected chi connectivity index (χ0v) is 14.5. The molecule has 0 spiro atoms. The zero-order valence-electron chi connectivity index (χ0n) is 12.9. The lowest BCUT2D eigenvalue weighted by molar-refractivity contribution is 0.0687. The highest BCUT2D eigenvalue weighted by molar-refractivity contribution is 7.98. The fourth-order valence-electron chi connectivity index (χ4n) is 2.27. The SMILES string of the molecule is O=C(O)c1cnc(SCc2c(F)ccc(F)c2Cl)n1-c1ccc(F)cc1. The van der Waals surface area contributed by atoms with Crippen molar-refractivity contribution in [1.82, 2.24) is 9.55 Å². The van der Waals surface area contributed by atoms with E-state index in [1.54, 1.807) is 0 Å². The van der Waals surface area contributed by atoms with Gasteiger partial charge in [0.2, 0.25) is 0 Å². The average Bonchev–Trinajstić information content (AvgIpc) is 3.03. The first-order valence-corrected chi connectivity index (χ1v) is 8.57. The third kappa shape index (κ3) is 3.56. The highest BCUT2D eigenvalue weighted by Crippen LogP contribution is 2.31. The summed E-state index contributed by atoms with van der Waals surface area (Å²) in [5.41, 5.74) is 0.168. The van der Waals surface area contributed by atoms with Crippen LogP contribution in [0.1, 0.15) is 16.1 Å². The van der Waals surface area contributed by atoms with Crippen molar-refractivity contribution in [2.75, 3.05) is 0 Å². The van der Waals surface area contributed by atoms with Crippen molar-refractivity contribution in [2.45, 2.75) is 10.9 Å². The average molecular weight is 399 g/mol. The Morgan fingerprint density at radius 2 is 1.77 bits per heavy atom. The van der Waals surface area contributed by atoms with Crippen LogP contribution in [0.5, 0.6) is 0 Å². The lowest BCUT2D eigenvalue weighted by Crippen LogP contribution is -2.07. The summed E-state index contributed by atoms with van der Waals surface area (Å²) < 4.78 is 41.9. The molecule has 0 saturated carbocycles. The molecule has 0 atom stereocenters. The van der Waals surface area contributed by atoms with Crippen molar-refractivity contribution in [3.05, 3.63) is 76.3 Å². The number of carbonyl (C=O) groups is 1. The number of aromatic nitrogens is 2. The highest BCUT2D eigenvalue weighted by Gasteiger charge is 2.19. The minimum atomic E-state index is -1.23. The molecule has 2 aromatic carbocycles. The molecule has 1 N–H and O–H groups in total. The van der Waals surface area contributed by atoms with E-state index in [-0.39, 0.29) is 27.2 Å². The summed E-state index contributed by atoms with van der Waals surface area (Å²) in [5, 5.41) is 9.21. The molecule has 1 aromatic heterocycles. The lowest BCUT2D eigenvalue weighted by Gasteiger charge is -2.11. The van der Waals surface area contributed by atoms with Crippen molar-refractivity contribution in [3.63, 3.8) is 0 Å². The largest absolute Gasteiger partial charge is 0.477 e. The third-order valence-corrected chi connectivity index (χ3v) is 4.91. The van der Waals surface area contributed by atoms with Crippen molar-refractivity contribution >= 4 is 29.3 Å². The zero-order chi connectivity index (χ0) is 18.8. The van der Waals surface area contributed by atoms with Gasteiger partial charge in [-0.25, -0.2) is 22.9 Å². The van der Waals surface area contributed by atoms with Crippen LogP contribution < -0.4 is 0 Å². The second-order valence-electron chi connectivity index (χ2n) is 5.15. The smallest absolute Gasteiger partial charge is 0.354 e. The first kappa shape index (κ1) is 18.3. The molecule has 26 heavy (non-hydrogen) atoms. The summed E-state index contributed by atoms with van der Waals surface area (Å²) >= 11 is 6.78. The number of carboxylic acid groups (broad SMARTS) is 1. The van der Waals surface area contributed by atoms with Gasteiger partial charge in [-0.05, 0) is 36.4 Å². The van der Waals surface area contributed by atoms with E-state index >= 15 is 0 Å². The number of rotatable bonds is 5. The van der Waals surface area contributed by atoms with Gasteiger partial charge in [0.25, 0.3) is 0 Å². The second kappa shape index (κ2) is 7.43. The van der Waals surface area contributed by atoms with Crippen LogP contribution in [0.25, 0.3) is 5.69 Å². The number of carboxylic acids is 1. The Morgan fingerprint density at radius 1 is 1.12 bits per heavy atom. The Labute approximate surface area is 155 Å². The molecule has 0 aliphatic heterocycles. The van der Waals surface area contributed by atoms with Crippen LogP contribution in [0.3, 0.4) is 0 Å². The number of thioether (sulfide) groups is 1. The number of nitrogens with zero attached hydrogens (tertiary/aromatic N) is 2. The molecule has 0 bridgehead atoms. The van der Waals surface area contributed by atoms with Gasteiger partial charge in [0.05, 0.1) is 11.2 Å². The van der Waals surface area contributed by atoms with Gasteiger partial charge in [0, 0.05) is 17.0 Å². The molecule has 0 aliphatic rings. The minimum absolute atomic E-state index is 0.0535. The Hall–Kier alpha value is -2.45. The predicted molar refractivity (Wildman–Crippen MR) is 91.4 cm³/mol.